The molecular weight excluding hydrogens is 234 g/mol. The van der Waals surface area contributed by atoms with E-state index >= 15 is 0 Å². The Balaban J connectivity index is 3.17. The smallest absolute Gasteiger partial charge is 0.338 e. The molecule has 5 heteroatoms. The Labute approximate surface area is 105 Å². The van der Waals surface area contributed by atoms with Crippen LogP contribution < -0.4 is 5.73 Å². The molecule has 0 heterocycles. The number of carbonyl (C=O) groups is 3. The molecule has 0 aliphatic heterocycles. The fourth-order valence-corrected chi connectivity index (χ4v) is 1.53. The van der Waals surface area contributed by atoms with Gasteiger partial charge in [-0.1, -0.05) is 0 Å². The molecule has 0 saturated heterocycles. The molecule has 0 unspecified atom stereocenters. The number of amides is 1. The van der Waals surface area contributed by atoms with E-state index in [9.17, 15) is 14.4 Å². The van der Waals surface area contributed by atoms with Gasteiger partial charge in [-0.15, -0.1) is 0 Å². The van der Waals surface area contributed by atoms with Crippen LogP contribution in [0.3, 0.4) is 0 Å². The predicted octanol–water partition coefficient (Wildman–Crippen LogP) is 1.09. The van der Waals surface area contributed by atoms with Gasteiger partial charge in [-0.05, 0) is 37.6 Å². The van der Waals surface area contributed by atoms with Crippen LogP contribution in [0.5, 0.6) is 0 Å². The number of ether oxygens (including phenoxy) is 1. The first-order valence-corrected chi connectivity index (χ1v) is 5.54. The van der Waals surface area contributed by atoms with E-state index < -0.39 is 11.9 Å². The molecule has 0 aliphatic rings. The zero-order valence-electron chi connectivity index (χ0n) is 10.4. The van der Waals surface area contributed by atoms with E-state index in [0.717, 1.165) is 0 Å². The highest BCUT2D eigenvalue weighted by Crippen LogP contribution is 2.13. The van der Waals surface area contributed by atoms with Gasteiger partial charge >= 0.3 is 5.97 Å². The summed E-state index contributed by atoms with van der Waals surface area (Å²) < 4.78 is 4.86. The van der Waals surface area contributed by atoms with E-state index in [2.05, 4.69) is 0 Å². The van der Waals surface area contributed by atoms with Crippen molar-refractivity contribution in [2.75, 3.05) is 6.61 Å². The van der Waals surface area contributed by atoms with E-state index in [0.29, 0.717) is 11.1 Å². The topological polar surface area (TPSA) is 86.5 Å². The van der Waals surface area contributed by atoms with Gasteiger partial charge in [0.15, 0.2) is 5.78 Å². The molecule has 0 aliphatic carbocycles. The number of carbonyl (C=O) groups excluding carboxylic acids is 3. The first kappa shape index (κ1) is 13.9. The summed E-state index contributed by atoms with van der Waals surface area (Å²) in [5.74, 6) is -1.23. The molecule has 0 atom stereocenters. The number of Topliss-reactive ketones (excluding diaryl/α,β-unsaturated/α-hetero) is 1. The molecule has 0 saturated carbocycles. The van der Waals surface area contributed by atoms with Crippen molar-refractivity contribution in [2.45, 2.75) is 20.3 Å². The van der Waals surface area contributed by atoms with Gasteiger partial charge in [-0.3, -0.25) is 9.59 Å². The minimum Gasteiger partial charge on any atom is -0.462 e. The standard InChI is InChI=1S/C13H15NO4/c1-3-18-13(17)11-5-9(6-12(14)16)4-10(7-11)8(2)15/h4-5,7H,3,6H2,1-2H3,(H2,14,16). The Kier molecular flexibility index (Phi) is 4.59. The second-order valence-electron chi connectivity index (χ2n) is 3.84. The zero-order chi connectivity index (χ0) is 13.7. The van der Waals surface area contributed by atoms with E-state index in [1.165, 1.54) is 19.1 Å². The fraction of sp³-hybridized carbons (Fsp3) is 0.308. The number of primary amides is 1. The molecule has 1 rings (SSSR count). The average Bonchev–Trinajstić information content (AvgIpc) is 2.27. The highest BCUT2D eigenvalue weighted by Gasteiger charge is 2.12. The minimum absolute atomic E-state index is 0.0203. The lowest BCUT2D eigenvalue weighted by molar-refractivity contribution is -0.117. The van der Waals surface area contributed by atoms with Crippen molar-refractivity contribution in [3.8, 4) is 0 Å². The quantitative estimate of drug-likeness (QED) is 0.625. The summed E-state index contributed by atoms with van der Waals surface area (Å²) in [6, 6.07) is 4.51. The zero-order valence-corrected chi connectivity index (χ0v) is 10.4. The van der Waals surface area contributed by atoms with Gasteiger partial charge in [0, 0.05) is 5.56 Å². The van der Waals surface area contributed by atoms with Crippen LogP contribution in [0.4, 0.5) is 0 Å². The minimum atomic E-state index is -0.523. The number of ketones is 1. The lowest BCUT2D eigenvalue weighted by Crippen LogP contribution is -2.15. The number of nitrogens with two attached hydrogens (primary N) is 1. The molecule has 1 aromatic carbocycles. The van der Waals surface area contributed by atoms with Crippen LogP contribution in [-0.2, 0) is 16.0 Å². The van der Waals surface area contributed by atoms with Gasteiger partial charge in [0.05, 0.1) is 18.6 Å². The van der Waals surface area contributed by atoms with Gasteiger partial charge < -0.3 is 10.5 Å². The summed E-state index contributed by atoms with van der Waals surface area (Å²) in [7, 11) is 0. The van der Waals surface area contributed by atoms with Gasteiger partial charge in [-0.25, -0.2) is 4.79 Å². The third kappa shape index (κ3) is 3.69. The molecule has 5 nitrogen and oxygen atoms in total. The number of hydrogen-bond acceptors (Lipinski definition) is 4. The molecule has 0 spiro atoms. The Morgan fingerprint density at radius 2 is 1.78 bits per heavy atom. The van der Waals surface area contributed by atoms with E-state index in [1.54, 1.807) is 13.0 Å². The van der Waals surface area contributed by atoms with E-state index in [4.69, 9.17) is 10.5 Å². The Morgan fingerprint density at radius 1 is 1.17 bits per heavy atom. The highest BCUT2D eigenvalue weighted by atomic mass is 16.5. The predicted molar refractivity (Wildman–Crippen MR) is 65.3 cm³/mol. The first-order chi connectivity index (χ1) is 8.43. The number of esters is 1. The van der Waals surface area contributed by atoms with Crippen LogP contribution in [0.2, 0.25) is 0 Å². The van der Waals surface area contributed by atoms with Crippen molar-refractivity contribution < 1.29 is 19.1 Å². The molecule has 0 fully saturated rings. The summed E-state index contributed by atoms with van der Waals surface area (Å²) in [5.41, 5.74) is 6.23. The monoisotopic (exact) mass is 249 g/mol. The lowest BCUT2D eigenvalue weighted by atomic mass is 10.0. The summed E-state index contributed by atoms with van der Waals surface area (Å²) in [5, 5.41) is 0. The Bertz CT molecular complexity index is 494. The van der Waals surface area contributed by atoms with Crippen molar-refractivity contribution in [3.63, 3.8) is 0 Å². The van der Waals surface area contributed by atoms with Crippen molar-refractivity contribution in [2.24, 2.45) is 5.73 Å². The number of rotatable bonds is 5. The maximum atomic E-state index is 11.6. The Morgan fingerprint density at radius 3 is 2.28 bits per heavy atom. The van der Waals surface area contributed by atoms with E-state index in [-0.39, 0.29) is 24.4 Å². The van der Waals surface area contributed by atoms with Crippen molar-refractivity contribution in [3.05, 3.63) is 34.9 Å². The molecule has 18 heavy (non-hydrogen) atoms. The van der Waals surface area contributed by atoms with Gasteiger partial charge in [0.25, 0.3) is 0 Å². The highest BCUT2D eigenvalue weighted by molar-refractivity contribution is 5.98. The molecule has 2 N–H and O–H groups in total. The second kappa shape index (κ2) is 5.95. The van der Waals surface area contributed by atoms with Crippen LogP contribution in [0.25, 0.3) is 0 Å². The first-order valence-electron chi connectivity index (χ1n) is 5.54. The summed E-state index contributed by atoms with van der Waals surface area (Å²) in [6.07, 6.45) is -0.0203. The third-order valence-electron chi connectivity index (χ3n) is 2.29. The maximum Gasteiger partial charge on any atom is 0.338 e. The molecule has 0 aromatic heterocycles. The van der Waals surface area contributed by atoms with Gasteiger partial charge in [0.2, 0.25) is 5.91 Å². The summed E-state index contributed by atoms with van der Waals surface area (Å²) in [4.78, 5) is 33.8. The summed E-state index contributed by atoms with van der Waals surface area (Å²) in [6.45, 7) is 3.32. The third-order valence-corrected chi connectivity index (χ3v) is 2.29. The van der Waals surface area contributed by atoms with Crippen LogP contribution in [0.1, 0.15) is 40.1 Å². The molecular formula is C13H15NO4. The normalized spacial score (nSPS) is 9.89. The van der Waals surface area contributed by atoms with Gasteiger partial charge in [-0.2, -0.15) is 0 Å². The van der Waals surface area contributed by atoms with Gasteiger partial charge in [0.1, 0.15) is 0 Å². The molecule has 1 aromatic rings. The molecule has 96 valence electrons. The largest absolute Gasteiger partial charge is 0.462 e. The number of benzene rings is 1. The van der Waals surface area contributed by atoms with E-state index in [1.807, 2.05) is 0 Å². The van der Waals surface area contributed by atoms with Crippen LogP contribution in [0, 0.1) is 0 Å². The second-order valence-corrected chi connectivity index (χ2v) is 3.84. The van der Waals surface area contributed by atoms with Crippen molar-refractivity contribution in [1.29, 1.82) is 0 Å². The molecule has 1 amide bonds. The van der Waals surface area contributed by atoms with Crippen LogP contribution >= 0.6 is 0 Å². The van der Waals surface area contributed by atoms with Crippen molar-refractivity contribution in [1.82, 2.24) is 0 Å². The lowest BCUT2D eigenvalue weighted by Gasteiger charge is -2.07. The summed E-state index contributed by atoms with van der Waals surface area (Å²) >= 11 is 0. The SMILES string of the molecule is CCOC(=O)c1cc(CC(N)=O)cc(C(C)=O)c1. The fourth-order valence-electron chi connectivity index (χ4n) is 1.53. The van der Waals surface area contributed by atoms with Crippen LogP contribution in [-0.4, -0.2) is 24.3 Å². The molecule has 0 bridgehead atoms. The Hall–Kier alpha value is -2.17. The maximum absolute atomic E-state index is 11.6. The van der Waals surface area contributed by atoms with Crippen LogP contribution in [0.15, 0.2) is 18.2 Å². The molecule has 0 radical (unpaired) electrons. The number of hydrogen-bond donors (Lipinski definition) is 1. The van der Waals surface area contributed by atoms with Crippen molar-refractivity contribution >= 4 is 17.7 Å². The average molecular weight is 249 g/mol.